The predicted octanol–water partition coefficient (Wildman–Crippen LogP) is 4.30. The Morgan fingerprint density at radius 3 is 2.18 bits per heavy atom. The van der Waals surface area contributed by atoms with Crippen molar-refractivity contribution in [1.29, 1.82) is 0 Å². The molecule has 0 radical (unpaired) electrons. The highest BCUT2D eigenvalue weighted by atomic mass is 16.2. The first-order chi connectivity index (χ1) is 13.5. The Balaban J connectivity index is 1.72. The summed E-state index contributed by atoms with van der Waals surface area (Å²) in [4.78, 5) is 24.6. The van der Waals surface area contributed by atoms with Crippen molar-refractivity contribution >= 4 is 17.6 Å². The number of carbonyl (C=O) groups excluding carboxylic acids is 2. The van der Waals surface area contributed by atoms with Gasteiger partial charge in [-0.3, -0.25) is 4.79 Å². The van der Waals surface area contributed by atoms with E-state index in [9.17, 15) is 9.59 Å². The van der Waals surface area contributed by atoms with Gasteiger partial charge in [-0.15, -0.1) is 0 Å². The summed E-state index contributed by atoms with van der Waals surface area (Å²) in [5.41, 5.74) is 3.66. The molecule has 3 amide bonds. The molecule has 1 aliphatic rings. The maximum atomic E-state index is 13.2. The Morgan fingerprint density at radius 2 is 1.68 bits per heavy atom. The number of hydrogen-bond acceptors (Lipinski definition) is 2. The number of rotatable bonds is 6. The van der Waals surface area contributed by atoms with Crippen LogP contribution in [0.3, 0.4) is 0 Å². The lowest BCUT2D eigenvalue weighted by atomic mass is 9.63. The number of anilines is 1. The fourth-order valence-corrected chi connectivity index (χ4v) is 3.70. The minimum absolute atomic E-state index is 0.0370. The molecule has 0 saturated heterocycles. The van der Waals surface area contributed by atoms with Crippen LogP contribution in [0, 0.1) is 0 Å². The molecule has 0 heterocycles. The predicted molar refractivity (Wildman–Crippen MR) is 112 cm³/mol. The molecule has 0 aromatic heterocycles. The zero-order valence-electron chi connectivity index (χ0n) is 16.8. The summed E-state index contributed by atoms with van der Waals surface area (Å²) < 4.78 is 0. The number of carbonyl (C=O) groups is 2. The van der Waals surface area contributed by atoms with E-state index in [2.05, 4.69) is 47.1 Å². The molecule has 28 heavy (non-hydrogen) atoms. The summed E-state index contributed by atoms with van der Waals surface area (Å²) in [7, 11) is 1.58. The van der Waals surface area contributed by atoms with Crippen LogP contribution in [-0.4, -0.2) is 19.0 Å². The highest BCUT2D eigenvalue weighted by Crippen LogP contribution is 2.44. The summed E-state index contributed by atoms with van der Waals surface area (Å²) in [6.45, 7) is 4.16. The van der Waals surface area contributed by atoms with Crippen molar-refractivity contribution in [3.63, 3.8) is 0 Å². The van der Waals surface area contributed by atoms with Crippen LogP contribution >= 0.6 is 0 Å². The van der Waals surface area contributed by atoms with Gasteiger partial charge < -0.3 is 16.0 Å². The van der Waals surface area contributed by atoms with Gasteiger partial charge >= 0.3 is 6.03 Å². The first-order valence-electron chi connectivity index (χ1n) is 9.97. The molecule has 0 aliphatic heterocycles. The molecule has 1 atom stereocenters. The highest BCUT2D eigenvalue weighted by Gasteiger charge is 2.45. The minimum Gasteiger partial charge on any atom is -0.349 e. The van der Waals surface area contributed by atoms with Crippen LogP contribution < -0.4 is 16.0 Å². The lowest BCUT2D eigenvalue weighted by molar-refractivity contribution is -0.130. The third-order valence-electron chi connectivity index (χ3n) is 5.80. The van der Waals surface area contributed by atoms with E-state index in [1.54, 1.807) is 7.05 Å². The van der Waals surface area contributed by atoms with Gasteiger partial charge in [-0.2, -0.15) is 0 Å². The Labute approximate surface area is 166 Å². The normalized spacial score (nSPS) is 15.8. The van der Waals surface area contributed by atoms with Gasteiger partial charge in [0.1, 0.15) is 0 Å². The topological polar surface area (TPSA) is 70.2 Å². The molecular formula is C23H29N3O2. The van der Waals surface area contributed by atoms with E-state index < -0.39 is 5.41 Å². The van der Waals surface area contributed by atoms with Crippen molar-refractivity contribution in [3.05, 3.63) is 65.2 Å². The second kappa shape index (κ2) is 8.46. The molecule has 1 saturated carbocycles. The van der Waals surface area contributed by atoms with Gasteiger partial charge in [0.2, 0.25) is 5.91 Å². The van der Waals surface area contributed by atoms with Crippen molar-refractivity contribution < 1.29 is 9.59 Å². The minimum atomic E-state index is -0.469. The van der Waals surface area contributed by atoms with Gasteiger partial charge in [0.15, 0.2) is 0 Å². The molecule has 148 valence electrons. The van der Waals surface area contributed by atoms with E-state index >= 15 is 0 Å². The third-order valence-corrected chi connectivity index (χ3v) is 5.80. The number of benzene rings is 2. The summed E-state index contributed by atoms with van der Waals surface area (Å²) in [6, 6.07) is 15.7. The molecule has 3 rings (SSSR count). The molecular weight excluding hydrogens is 350 g/mol. The van der Waals surface area contributed by atoms with E-state index in [4.69, 9.17) is 0 Å². The fourth-order valence-electron chi connectivity index (χ4n) is 3.70. The van der Waals surface area contributed by atoms with Gasteiger partial charge in [-0.25, -0.2) is 4.79 Å². The fraction of sp³-hybridized carbons (Fsp3) is 0.391. The maximum absolute atomic E-state index is 13.2. The largest absolute Gasteiger partial charge is 0.349 e. The van der Waals surface area contributed by atoms with Crippen LogP contribution in [0.5, 0.6) is 0 Å². The number of nitrogens with one attached hydrogen (secondary N) is 3. The third kappa shape index (κ3) is 4.03. The van der Waals surface area contributed by atoms with Gasteiger partial charge in [-0.1, -0.05) is 49.7 Å². The lowest BCUT2D eigenvalue weighted by Gasteiger charge is -2.41. The van der Waals surface area contributed by atoms with Crippen LogP contribution in [0.2, 0.25) is 0 Å². The first-order valence-corrected chi connectivity index (χ1v) is 9.97. The van der Waals surface area contributed by atoms with E-state index in [0.29, 0.717) is 5.69 Å². The second-order valence-corrected chi connectivity index (χ2v) is 7.51. The number of urea groups is 1. The first kappa shape index (κ1) is 19.9. The van der Waals surface area contributed by atoms with E-state index in [-0.39, 0.29) is 18.0 Å². The summed E-state index contributed by atoms with van der Waals surface area (Å²) >= 11 is 0. The maximum Gasteiger partial charge on any atom is 0.318 e. The Morgan fingerprint density at radius 1 is 1.04 bits per heavy atom. The number of amides is 3. The molecule has 1 aliphatic carbocycles. The average molecular weight is 380 g/mol. The number of aryl methyl sites for hydroxylation is 1. The van der Waals surface area contributed by atoms with Crippen molar-refractivity contribution in [1.82, 2.24) is 10.6 Å². The quantitative estimate of drug-likeness (QED) is 0.700. The van der Waals surface area contributed by atoms with Crippen molar-refractivity contribution in [3.8, 4) is 0 Å². The van der Waals surface area contributed by atoms with Gasteiger partial charge in [-0.05, 0) is 55.0 Å². The van der Waals surface area contributed by atoms with Crippen molar-refractivity contribution in [2.45, 2.75) is 51.0 Å². The second-order valence-electron chi connectivity index (χ2n) is 7.51. The molecule has 0 spiro atoms. The van der Waals surface area contributed by atoms with Crippen molar-refractivity contribution in [2.75, 3.05) is 12.4 Å². The van der Waals surface area contributed by atoms with Gasteiger partial charge in [0, 0.05) is 12.7 Å². The summed E-state index contributed by atoms with van der Waals surface area (Å²) in [5, 5.41) is 8.49. The Hall–Kier alpha value is -2.82. The lowest BCUT2D eigenvalue weighted by Crippen LogP contribution is -2.49. The smallest absolute Gasteiger partial charge is 0.318 e. The van der Waals surface area contributed by atoms with Crippen LogP contribution in [0.4, 0.5) is 10.5 Å². The Kier molecular flexibility index (Phi) is 6.02. The molecule has 5 nitrogen and oxygen atoms in total. The van der Waals surface area contributed by atoms with Crippen LogP contribution in [0.25, 0.3) is 0 Å². The van der Waals surface area contributed by atoms with Crippen LogP contribution in [0.1, 0.15) is 55.8 Å². The highest BCUT2D eigenvalue weighted by molar-refractivity contribution is 5.91. The zero-order chi connectivity index (χ0) is 20.1. The summed E-state index contributed by atoms with van der Waals surface area (Å²) in [6.07, 6.45) is 3.76. The van der Waals surface area contributed by atoms with Gasteiger partial charge in [0.05, 0.1) is 11.5 Å². The zero-order valence-corrected chi connectivity index (χ0v) is 16.8. The molecule has 0 unspecified atom stereocenters. The number of hydrogen-bond donors (Lipinski definition) is 3. The Bertz CT molecular complexity index is 824. The molecule has 0 bridgehead atoms. The molecule has 5 heteroatoms. The molecule has 3 N–H and O–H groups in total. The van der Waals surface area contributed by atoms with E-state index in [0.717, 1.165) is 36.8 Å². The average Bonchev–Trinajstić information content (AvgIpc) is 2.68. The van der Waals surface area contributed by atoms with Crippen molar-refractivity contribution in [2.24, 2.45) is 0 Å². The van der Waals surface area contributed by atoms with Crippen LogP contribution in [-0.2, 0) is 16.6 Å². The molecule has 2 aromatic carbocycles. The molecule has 1 fully saturated rings. The van der Waals surface area contributed by atoms with E-state index in [1.807, 2.05) is 31.2 Å². The monoisotopic (exact) mass is 379 g/mol. The van der Waals surface area contributed by atoms with Gasteiger partial charge in [0.25, 0.3) is 0 Å². The standard InChI is InChI=1S/C23H29N3O2/c1-4-17-6-8-18(9-7-17)16(2)25-21(27)23(14-5-15-23)19-10-12-20(13-11-19)26-22(28)24-3/h6-13,16H,4-5,14-15H2,1-3H3,(H,25,27)(H2,24,26,28)/t16-/m0/s1. The van der Waals surface area contributed by atoms with E-state index in [1.165, 1.54) is 5.56 Å². The van der Waals surface area contributed by atoms with Crippen LogP contribution in [0.15, 0.2) is 48.5 Å². The summed E-state index contributed by atoms with van der Waals surface area (Å²) in [5.74, 6) is 0.0813. The SMILES string of the molecule is CCc1ccc([C@H](C)NC(=O)C2(c3ccc(NC(=O)NC)cc3)CCC2)cc1. The molecule has 2 aromatic rings.